The first kappa shape index (κ1) is 18.5. The smallest absolute Gasteiger partial charge is 0.265 e. The van der Waals surface area contributed by atoms with Gasteiger partial charge in [-0.1, -0.05) is 29.8 Å². The monoisotopic (exact) mass is 413 g/mol. The van der Waals surface area contributed by atoms with Crippen LogP contribution in [0.1, 0.15) is 0 Å². The zero-order chi connectivity index (χ0) is 19.7. The number of fused-ring (bicyclic) bond motifs is 1. The zero-order valence-electron chi connectivity index (χ0n) is 14.9. The van der Waals surface area contributed by atoms with Crippen molar-refractivity contribution in [1.29, 1.82) is 0 Å². The summed E-state index contributed by atoms with van der Waals surface area (Å²) < 4.78 is 5.50. The van der Waals surface area contributed by atoms with Gasteiger partial charge in [-0.15, -0.1) is 11.3 Å². The minimum Gasteiger partial charge on any atom is -0.482 e. The fourth-order valence-corrected chi connectivity index (χ4v) is 4.07. The highest BCUT2D eigenvalue weighted by atomic mass is 35.5. The average molecular weight is 414 g/mol. The summed E-state index contributed by atoms with van der Waals surface area (Å²) in [4.78, 5) is 30.2. The van der Waals surface area contributed by atoms with Crippen molar-refractivity contribution in [2.45, 2.75) is 0 Å². The predicted octanol–water partition coefficient (Wildman–Crippen LogP) is 3.60. The number of nitrogens with zero attached hydrogens (tertiary/aromatic N) is 2. The molecule has 1 N–H and O–H groups in total. The lowest BCUT2D eigenvalue weighted by atomic mass is 10.1. The molecule has 1 aliphatic rings. The van der Waals surface area contributed by atoms with E-state index in [2.05, 4.69) is 5.32 Å². The Morgan fingerprint density at radius 3 is 2.93 bits per heavy atom. The molecule has 6 nitrogen and oxygen atoms in total. The van der Waals surface area contributed by atoms with E-state index in [0.717, 1.165) is 21.8 Å². The zero-order valence-corrected chi connectivity index (χ0v) is 16.5. The minimum atomic E-state index is -0.261. The van der Waals surface area contributed by atoms with Crippen LogP contribution in [0.15, 0.2) is 47.8 Å². The normalized spacial score (nSPS) is 13.1. The number of nitrogens with one attached hydrogen (secondary N) is 1. The second-order valence-corrected chi connectivity index (χ2v) is 7.41. The van der Waals surface area contributed by atoms with E-state index in [9.17, 15) is 9.59 Å². The lowest BCUT2D eigenvalue weighted by Gasteiger charge is -2.29. The van der Waals surface area contributed by atoms with Crippen LogP contribution in [0.5, 0.6) is 5.75 Å². The highest BCUT2D eigenvalue weighted by molar-refractivity contribution is 7.13. The number of hydrogen-bond donors (Lipinski definition) is 1. The number of anilines is 1. The van der Waals surface area contributed by atoms with Crippen molar-refractivity contribution >= 4 is 40.4 Å². The van der Waals surface area contributed by atoms with Crippen LogP contribution >= 0.6 is 22.9 Å². The molecular formula is C20H16ClN3O3S. The minimum absolute atomic E-state index is 0.0584. The Labute approximate surface area is 170 Å². The highest BCUT2D eigenvalue weighted by Gasteiger charge is 2.27. The molecule has 142 valence electrons. The number of ether oxygens (including phenoxy) is 1. The Hall–Kier alpha value is -2.90. The number of carbonyl (C=O) groups is 2. The summed E-state index contributed by atoms with van der Waals surface area (Å²) in [6, 6.07) is 13.1. The van der Waals surface area contributed by atoms with Crippen LogP contribution in [0.3, 0.4) is 0 Å². The number of rotatable bonds is 4. The van der Waals surface area contributed by atoms with Gasteiger partial charge >= 0.3 is 0 Å². The Morgan fingerprint density at radius 2 is 2.14 bits per heavy atom. The van der Waals surface area contributed by atoms with Gasteiger partial charge in [0.1, 0.15) is 17.3 Å². The third kappa shape index (κ3) is 3.46. The molecule has 4 rings (SSSR count). The van der Waals surface area contributed by atoms with Crippen molar-refractivity contribution in [1.82, 2.24) is 10.3 Å². The van der Waals surface area contributed by atoms with E-state index >= 15 is 0 Å². The van der Waals surface area contributed by atoms with Crippen molar-refractivity contribution < 1.29 is 14.3 Å². The number of carbonyl (C=O) groups excluding carboxylic acids is 2. The lowest BCUT2D eigenvalue weighted by Crippen LogP contribution is -2.44. The first-order valence-corrected chi connectivity index (χ1v) is 9.81. The molecule has 8 heteroatoms. The van der Waals surface area contributed by atoms with Crippen LogP contribution < -0.4 is 15.0 Å². The number of amides is 2. The molecule has 2 heterocycles. The SMILES string of the molecule is CNC(=O)CN1C(=O)COc2ccc(-c3csc(-c4ccccc4Cl)n3)cc21. The predicted molar refractivity (Wildman–Crippen MR) is 110 cm³/mol. The third-order valence-electron chi connectivity index (χ3n) is 4.39. The summed E-state index contributed by atoms with van der Waals surface area (Å²) in [7, 11) is 1.54. The first-order chi connectivity index (χ1) is 13.6. The largest absolute Gasteiger partial charge is 0.482 e. The Morgan fingerprint density at radius 1 is 1.32 bits per heavy atom. The van der Waals surface area contributed by atoms with Crippen molar-refractivity contribution in [3.8, 4) is 27.6 Å². The van der Waals surface area contributed by atoms with Crippen molar-refractivity contribution in [2.75, 3.05) is 25.1 Å². The molecule has 0 fully saturated rings. The fraction of sp³-hybridized carbons (Fsp3) is 0.150. The number of halogens is 1. The standard InChI is InChI=1S/C20H16ClN3O3S/c1-22-18(25)9-24-16-8-12(6-7-17(16)27-10-19(24)26)15-11-28-20(23-15)13-4-2-3-5-14(13)21/h2-8,11H,9-10H2,1H3,(H,22,25). The van der Waals surface area contributed by atoms with Crippen molar-refractivity contribution in [3.63, 3.8) is 0 Å². The molecular weight excluding hydrogens is 398 g/mol. The van der Waals surface area contributed by atoms with Crippen LogP contribution in [0.4, 0.5) is 5.69 Å². The van der Waals surface area contributed by atoms with E-state index in [-0.39, 0.29) is 25.0 Å². The summed E-state index contributed by atoms with van der Waals surface area (Å²) in [5.41, 5.74) is 3.02. The van der Waals surface area contributed by atoms with E-state index in [1.54, 1.807) is 6.07 Å². The molecule has 0 radical (unpaired) electrons. The van der Waals surface area contributed by atoms with Gasteiger partial charge in [0.05, 0.1) is 16.4 Å². The molecule has 28 heavy (non-hydrogen) atoms. The molecule has 3 aromatic rings. The molecule has 0 bridgehead atoms. The number of hydrogen-bond acceptors (Lipinski definition) is 5. The molecule has 1 aromatic heterocycles. The van der Waals surface area contributed by atoms with E-state index in [4.69, 9.17) is 21.3 Å². The van der Waals surface area contributed by atoms with Crippen LogP contribution in [0.2, 0.25) is 5.02 Å². The molecule has 0 unspecified atom stereocenters. The van der Waals surface area contributed by atoms with Gasteiger partial charge in [-0.3, -0.25) is 14.5 Å². The molecule has 0 aliphatic carbocycles. The maximum absolute atomic E-state index is 12.3. The maximum Gasteiger partial charge on any atom is 0.265 e. The highest BCUT2D eigenvalue weighted by Crippen LogP contribution is 2.38. The molecule has 0 saturated carbocycles. The fourth-order valence-electron chi connectivity index (χ4n) is 2.92. The summed E-state index contributed by atoms with van der Waals surface area (Å²) in [5.74, 6) is 0.0540. The Kier molecular flexibility index (Phi) is 5.02. The molecule has 2 amide bonds. The summed E-state index contributed by atoms with van der Waals surface area (Å²) in [5, 5.41) is 5.94. The van der Waals surface area contributed by atoms with Gasteiger partial charge in [0.2, 0.25) is 5.91 Å². The second-order valence-electron chi connectivity index (χ2n) is 6.14. The molecule has 2 aromatic carbocycles. The van der Waals surface area contributed by atoms with Gasteiger partial charge in [-0.05, 0) is 24.3 Å². The number of likely N-dealkylation sites (N-methyl/N-ethyl adjacent to an activating group) is 1. The Bertz CT molecular complexity index is 1070. The van der Waals surface area contributed by atoms with Crippen LogP contribution in [-0.2, 0) is 9.59 Å². The first-order valence-electron chi connectivity index (χ1n) is 8.55. The summed E-state index contributed by atoms with van der Waals surface area (Å²) in [6.07, 6.45) is 0. The maximum atomic E-state index is 12.3. The summed E-state index contributed by atoms with van der Waals surface area (Å²) >= 11 is 7.77. The lowest BCUT2D eigenvalue weighted by molar-refractivity contribution is -0.125. The van der Waals surface area contributed by atoms with Gasteiger partial charge in [0, 0.05) is 23.6 Å². The Balaban J connectivity index is 1.70. The van der Waals surface area contributed by atoms with E-state index in [0.29, 0.717) is 16.5 Å². The quantitative estimate of drug-likeness (QED) is 0.709. The topological polar surface area (TPSA) is 71.5 Å². The van der Waals surface area contributed by atoms with Gasteiger partial charge in [-0.2, -0.15) is 0 Å². The van der Waals surface area contributed by atoms with E-state index in [1.807, 2.05) is 41.8 Å². The number of aromatic nitrogens is 1. The van der Waals surface area contributed by atoms with Crippen LogP contribution in [0.25, 0.3) is 21.8 Å². The van der Waals surface area contributed by atoms with Gasteiger partial charge in [-0.25, -0.2) is 4.98 Å². The van der Waals surface area contributed by atoms with Crippen molar-refractivity contribution in [3.05, 3.63) is 52.9 Å². The number of thiazole rings is 1. The molecule has 1 aliphatic heterocycles. The average Bonchev–Trinajstić information content (AvgIpc) is 3.20. The third-order valence-corrected chi connectivity index (χ3v) is 5.59. The van der Waals surface area contributed by atoms with Gasteiger partial charge in [0.25, 0.3) is 5.91 Å². The number of benzene rings is 2. The van der Waals surface area contributed by atoms with E-state index in [1.165, 1.54) is 23.3 Å². The summed E-state index contributed by atoms with van der Waals surface area (Å²) in [6.45, 7) is -0.145. The van der Waals surface area contributed by atoms with Gasteiger partial charge < -0.3 is 10.1 Å². The molecule has 0 spiro atoms. The van der Waals surface area contributed by atoms with Crippen LogP contribution in [-0.4, -0.2) is 37.0 Å². The van der Waals surface area contributed by atoms with E-state index < -0.39 is 0 Å². The molecule has 0 saturated heterocycles. The second kappa shape index (κ2) is 7.61. The van der Waals surface area contributed by atoms with Gasteiger partial charge in [0.15, 0.2) is 6.61 Å². The molecule has 0 atom stereocenters. The van der Waals surface area contributed by atoms with Crippen LogP contribution in [0, 0.1) is 0 Å². The van der Waals surface area contributed by atoms with Crippen molar-refractivity contribution in [2.24, 2.45) is 0 Å².